The Hall–Kier alpha value is -1.43. The molecule has 0 aliphatic heterocycles. The molecule has 0 spiro atoms. The molecule has 3 N–H and O–H groups in total. The zero-order valence-corrected chi connectivity index (χ0v) is 8.40. The molecule has 0 aliphatic carbocycles. The van der Waals surface area contributed by atoms with Gasteiger partial charge in [0.15, 0.2) is 0 Å². The number of carboxylic acid groups (broad SMARTS) is 1. The van der Waals surface area contributed by atoms with Gasteiger partial charge in [0.1, 0.15) is 10.3 Å². The van der Waals surface area contributed by atoms with Crippen molar-refractivity contribution >= 4 is 18.2 Å². The van der Waals surface area contributed by atoms with E-state index in [2.05, 4.69) is 9.97 Å². The number of H-pyrrole nitrogens is 2. The number of nitrogens with one attached hydrogen (secondary N) is 2. The van der Waals surface area contributed by atoms with Crippen LogP contribution in [-0.4, -0.2) is 21.0 Å². The highest BCUT2D eigenvalue weighted by atomic mass is 32.1. The van der Waals surface area contributed by atoms with Crippen molar-refractivity contribution in [3.63, 3.8) is 0 Å². The molecular weight excluding hydrogens is 204 g/mol. The van der Waals surface area contributed by atoms with Gasteiger partial charge in [0.05, 0.1) is 0 Å². The first kappa shape index (κ1) is 10.6. The maximum atomic E-state index is 10.9. The molecular formula is C8H10N2O3S. The Kier molecular flexibility index (Phi) is 3.19. The Balaban J connectivity index is 3.44. The van der Waals surface area contributed by atoms with Gasteiger partial charge < -0.3 is 10.1 Å². The third-order valence-corrected chi connectivity index (χ3v) is 2.10. The van der Waals surface area contributed by atoms with Crippen LogP contribution in [0.3, 0.4) is 0 Å². The standard InChI is InChI=1S/C8H10N2O3S/c1-2-3-4-5(7(11)12)9-8(13)10-6(4)14/h2-3H2,1H3,(H,11,12)(H2,9,10,13,14). The van der Waals surface area contributed by atoms with Gasteiger partial charge in [-0.15, -0.1) is 0 Å². The van der Waals surface area contributed by atoms with Gasteiger partial charge in [-0.2, -0.15) is 0 Å². The summed E-state index contributed by atoms with van der Waals surface area (Å²) in [4.78, 5) is 26.3. The summed E-state index contributed by atoms with van der Waals surface area (Å²) in [5.41, 5.74) is -0.220. The molecule has 0 bridgehead atoms. The van der Waals surface area contributed by atoms with Crippen LogP contribution < -0.4 is 5.69 Å². The summed E-state index contributed by atoms with van der Waals surface area (Å²) >= 11 is 4.87. The molecule has 1 aromatic rings. The second-order valence-corrected chi connectivity index (χ2v) is 3.23. The van der Waals surface area contributed by atoms with Crippen LogP contribution in [-0.2, 0) is 6.42 Å². The molecule has 1 heterocycles. The number of aromatic amines is 2. The third-order valence-electron chi connectivity index (χ3n) is 1.76. The largest absolute Gasteiger partial charge is 0.477 e. The fraction of sp³-hybridized carbons (Fsp3) is 0.375. The number of carboxylic acids is 1. The second kappa shape index (κ2) is 4.19. The van der Waals surface area contributed by atoms with Gasteiger partial charge in [0.2, 0.25) is 0 Å². The van der Waals surface area contributed by atoms with Crippen molar-refractivity contribution < 1.29 is 9.90 Å². The quantitative estimate of drug-likeness (QED) is 0.657. The fourth-order valence-electron chi connectivity index (χ4n) is 1.18. The number of hydrogen-bond donors (Lipinski definition) is 3. The first-order valence-electron chi connectivity index (χ1n) is 4.15. The molecule has 14 heavy (non-hydrogen) atoms. The first-order valence-corrected chi connectivity index (χ1v) is 4.55. The molecule has 0 unspecified atom stereocenters. The summed E-state index contributed by atoms with van der Waals surface area (Å²) in [5, 5.41) is 8.81. The van der Waals surface area contributed by atoms with Gasteiger partial charge in [-0.05, 0) is 6.42 Å². The molecule has 76 valence electrons. The van der Waals surface area contributed by atoms with Crippen LogP contribution in [0.25, 0.3) is 0 Å². The van der Waals surface area contributed by atoms with E-state index >= 15 is 0 Å². The van der Waals surface area contributed by atoms with E-state index in [1.165, 1.54) is 0 Å². The summed E-state index contributed by atoms with van der Waals surface area (Å²) in [6.07, 6.45) is 1.30. The summed E-state index contributed by atoms with van der Waals surface area (Å²) in [6, 6.07) is 0. The highest BCUT2D eigenvalue weighted by Gasteiger charge is 2.12. The zero-order chi connectivity index (χ0) is 10.7. The van der Waals surface area contributed by atoms with Gasteiger partial charge >= 0.3 is 11.7 Å². The molecule has 1 rings (SSSR count). The molecule has 1 aromatic heterocycles. The molecule has 0 amide bonds. The minimum atomic E-state index is -1.16. The van der Waals surface area contributed by atoms with Crippen LogP contribution in [0, 0.1) is 4.64 Å². The Morgan fingerprint density at radius 1 is 1.50 bits per heavy atom. The lowest BCUT2D eigenvalue weighted by Gasteiger charge is -2.03. The monoisotopic (exact) mass is 214 g/mol. The van der Waals surface area contributed by atoms with Crippen molar-refractivity contribution in [3.05, 3.63) is 26.4 Å². The first-order chi connectivity index (χ1) is 6.56. The van der Waals surface area contributed by atoms with Gasteiger partial charge in [-0.25, -0.2) is 9.59 Å². The number of carbonyl (C=O) groups is 1. The summed E-state index contributed by atoms with van der Waals surface area (Å²) in [7, 11) is 0. The maximum Gasteiger partial charge on any atom is 0.352 e. The van der Waals surface area contributed by atoms with E-state index in [1.807, 2.05) is 6.92 Å². The van der Waals surface area contributed by atoms with E-state index in [-0.39, 0.29) is 10.3 Å². The summed E-state index contributed by atoms with van der Waals surface area (Å²) in [6.45, 7) is 1.91. The zero-order valence-electron chi connectivity index (χ0n) is 7.59. The molecule has 0 radical (unpaired) electrons. The maximum absolute atomic E-state index is 10.9. The van der Waals surface area contributed by atoms with Crippen LogP contribution >= 0.6 is 12.2 Å². The molecule has 0 fully saturated rings. The average Bonchev–Trinajstić information content (AvgIpc) is 2.09. The Bertz CT molecular complexity index is 460. The SMILES string of the molecule is CCCc1c(C(=O)O)[nH]c(=O)[nH]c1=S. The summed E-state index contributed by atoms with van der Waals surface area (Å²) < 4.78 is 0.202. The molecule has 0 aromatic carbocycles. The fourth-order valence-corrected chi connectivity index (χ4v) is 1.48. The summed E-state index contributed by atoms with van der Waals surface area (Å²) in [5.74, 6) is -1.16. The van der Waals surface area contributed by atoms with Crippen LogP contribution in [0.2, 0.25) is 0 Å². The number of hydrogen-bond acceptors (Lipinski definition) is 3. The topological polar surface area (TPSA) is 85.9 Å². The normalized spacial score (nSPS) is 10.1. The second-order valence-electron chi connectivity index (χ2n) is 2.82. The third kappa shape index (κ3) is 2.08. The van der Waals surface area contributed by atoms with E-state index < -0.39 is 11.7 Å². The van der Waals surface area contributed by atoms with Crippen LogP contribution in [0.15, 0.2) is 4.79 Å². The van der Waals surface area contributed by atoms with Crippen molar-refractivity contribution in [1.82, 2.24) is 9.97 Å². The lowest BCUT2D eigenvalue weighted by Crippen LogP contribution is -2.19. The number of rotatable bonds is 3. The van der Waals surface area contributed by atoms with E-state index in [1.54, 1.807) is 0 Å². The van der Waals surface area contributed by atoms with Crippen LogP contribution in [0.5, 0.6) is 0 Å². The predicted octanol–water partition coefficient (Wildman–Crippen LogP) is 1.08. The minimum Gasteiger partial charge on any atom is -0.477 e. The van der Waals surface area contributed by atoms with Gasteiger partial charge in [-0.1, -0.05) is 25.6 Å². The van der Waals surface area contributed by atoms with E-state index in [0.29, 0.717) is 12.0 Å². The van der Waals surface area contributed by atoms with Crippen molar-refractivity contribution in [2.75, 3.05) is 0 Å². The highest BCUT2D eigenvalue weighted by molar-refractivity contribution is 7.71. The van der Waals surface area contributed by atoms with E-state index in [4.69, 9.17) is 17.3 Å². The molecule has 0 saturated heterocycles. The van der Waals surface area contributed by atoms with Crippen LogP contribution in [0.4, 0.5) is 0 Å². The lowest BCUT2D eigenvalue weighted by molar-refractivity contribution is 0.0688. The van der Waals surface area contributed by atoms with Gasteiger partial charge in [0.25, 0.3) is 0 Å². The van der Waals surface area contributed by atoms with Crippen molar-refractivity contribution in [3.8, 4) is 0 Å². The van der Waals surface area contributed by atoms with Crippen molar-refractivity contribution in [2.24, 2.45) is 0 Å². The molecule has 0 aliphatic rings. The number of aromatic nitrogens is 2. The van der Waals surface area contributed by atoms with Crippen LogP contribution in [0.1, 0.15) is 29.4 Å². The molecule has 5 nitrogen and oxygen atoms in total. The number of aromatic carboxylic acids is 1. The van der Waals surface area contributed by atoms with Gasteiger partial charge in [-0.3, -0.25) is 4.98 Å². The van der Waals surface area contributed by atoms with E-state index in [0.717, 1.165) is 6.42 Å². The lowest BCUT2D eigenvalue weighted by atomic mass is 10.1. The van der Waals surface area contributed by atoms with E-state index in [9.17, 15) is 9.59 Å². The Morgan fingerprint density at radius 3 is 2.64 bits per heavy atom. The molecule has 0 atom stereocenters. The molecule has 6 heteroatoms. The predicted molar refractivity (Wildman–Crippen MR) is 53.2 cm³/mol. The highest BCUT2D eigenvalue weighted by Crippen LogP contribution is 2.07. The molecule has 0 saturated carbocycles. The minimum absolute atomic E-state index is 0.111. The van der Waals surface area contributed by atoms with Crippen molar-refractivity contribution in [2.45, 2.75) is 19.8 Å². The average molecular weight is 214 g/mol. The Morgan fingerprint density at radius 2 is 2.14 bits per heavy atom. The smallest absolute Gasteiger partial charge is 0.352 e. The Labute approximate surface area is 84.8 Å². The van der Waals surface area contributed by atoms with Crippen molar-refractivity contribution in [1.29, 1.82) is 0 Å². The van der Waals surface area contributed by atoms with Gasteiger partial charge in [0, 0.05) is 5.56 Å².